The highest BCUT2D eigenvalue weighted by Crippen LogP contribution is 2.43. The number of carboxylic acid groups (broad SMARTS) is 2. The van der Waals surface area contributed by atoms with Crippen molar-refractivity contribution in [3.8, 4) is 0 Å². The van der Waals surface area contributed by atoms with Gasteiger partial charge in [0.1, 0.15) is 232 Å². The van der Waals surface area contributed by atoms with Gasteiger partial charge in [-0.1, -0.05) is 0 Å². The molecule has 10 saturated heterocycles. The number of aliphatic carboxylic acids is 2. The first-order chi connectivity index (χ1) is 67.7. The quantitative estimate of drug-likeness (QED) is 0.0270. The van der Waals surface area contributed by atoms with Crippen LogP contribution in [0.3, 0.4) is 0 Å². The highest BCUT2D eigenvalue weighted by Gasteiger charge is 2.64. The topological polar surface area (TPSA) is 1000 Å². The van der Waals surface area contributed by atoms with Crippen LogP contribution in [0.25, 0.3) is 0 Å². The van der Waals surface area contributed by atoms with Crippen molar-refractivity contribution in [2.45, 2.75) is 379 Å². The molecule has 0 aromatic heterocycles. The monoisotopic (exact) mass is 2100 g/mol. The van der Waals surface area contributed by atoms with E-state index in [1.54, 1.807) is 0 Å². The Balaban J connectivity index is 0.970. The Kier molecular flexibility index (Phi) is 42.6. The Morgan fingerprint density at radius 2 is 0.562 bits per heavy atom. The fourth-order valence-corrected chi connectivity index (χ4v) is 18.4. The van der Waals surface area contributed by atoms with Crippen LogP contribution in [0, 0.1) is 0 Å². The summed E-state index contributed by atoms with van der Waals surface area (Å²) in [6.45, 7) is -5.92. The van der Waals surface area contributed by atoms with E-state index in [2.05, 4.69) is 37.2 Å². The molecule has 828 valence electrons. The molecule has 0 radical (unpaired) electrons. The van der Waals surface area contributed by atoms with Gasteiger partial charge in [0.25, 0.3) is 11.6 Å². The van der Waals surface area contributed by atoms with Crippen molar-refractivity contribution in [2.75, 3.05) is 66.1 Å². The molecule has 144 heavy (non-hydrogen) atoms. The van der Waals surface area contributed by atoms with E-state index in [4.69, 9.17) is 90.0 Å². The van der Waals surface area contributed by atoms with E-state index in [0.29, 0.717) is 0 Å². The van der Waals surface area contributed by atoms with E-state index in [9.17, 15) is 191 Å². The van der Waals surface area contributed by atoms with Crippen LogP contribution in [0.4, 0.5) is 0 Å². The molecule has 0 spiro atoms. The zero-order valence-electron chi connectivity index (χ0n) is 77.8. The summed E-state index contributed by atoms with van der Waals surface area (Å²) in [5.74, 6) is -17.2. The van der Waals surface area contributed by atoms with Gasteiger partial charge in [0.2, 0.25) is 41.4 Å². The van der Waals surface area contributed by atoms with Crippen LogP contribution in [-0.2, 0) is 133 Å². The molecule has 0 aromatic rings. The number of carbonyl (C=O) groups is 9. The number of aliphatic hydroxyl groups is 27. The fourth-order valence-electron chi connectivity index (χ4n) is 18.4. The van der Waals surface area contributed by atoms with Crippen molar-refractivity contribution < 1.29 is 281 Å². The summed E-state index contributed by atoms with van der Waals surface area (Å²) in [5.41, 5.74) is 0. The van der Waals surface area contributed by atoms with Crippen LogP contribution >= 0.6 is 0 Å². The second-order valence-electron chi connectivity index (χ2n) is 36.1. The lowest BCUT2D eigenvalue weighted by Gasteiger charge is -2.51. The maximum atomic E-state index is 13.6. The van der Waals surface area contributed by atoms with E-state index in [1.165, 1.54) is 0 Å². The van der Waals surface area contributed by atoms with Gasteiger partial charge in [-0.3, -0.25) is 33.6 Å². The number of carboxylic acids is 2. The highest BCUT2D eigenvalue weighted by molar-refractivity contribution is 5.78. The number of aliphatic hydroxyl groups excluding tert-OH is 27. The third kappa shape index (κ3) is 27.1. The van der Waals surface area contributed by atoms with Crippen molar-refractivity contribution in [3.63, 3.8) is 0 Å². The molecule has 7 amide bonds. The molecule has 10 aliphatic heterocycles. The molecular weight excluding hydrogens is 1970 g/mol. The number of amides is 7. The Hall–Kier alpha value is -6.61. The first-order valence-electron chi connectivity index (χ1n) is 45.4. The summed E-state index contributed by atoms with van der Waals surface area (Å²) in [6, 6.07) is -13.5. The Morgan fingerprint density at radius 1 is 0.285 bits per heavy atom. The third-order valence-electron chi connectivity index (χ3n) is 25.6. The summed E-state index contributed by atoms with van der Waals surface area (Å²) in [5, 5.41) is 343. The highest BCUT2D eigenvalue weighted by atomic mass is 16.8. The number of rotatable bonds is 41. The van der Waals surface area contributed by atoms with Gasteiger partial charge >= 0.3 is 11.9 Å². The number of carbonyl (C=O) groups excluding carboxylic acids is 7. The van der Waals surface area contributed by atoms with Gasteiger partial charge in [0, 0.05) is 61.3 Å². The first kappa shape index (κ1) is 119. The summed E-state index contributed by atoms with van der Waals surface area (Å²) in [7, 11) is 0. The van der Waals surface area contributed by atoms with Gasteiger partial charge in [0.15, 0.2) is 50.3 Å². The molecule has 1 unspecified atom stereocenters. The summed E-state index contributed by atoms with van der Waals surface area (Å²) in [4.78, 5) is 116. The Labute approximate surface area is 814 Å². The molecule has 64 nitrogen and oxygen atoms in total. The molecule has 64 heteroatoms. The maximum Gasteiger partial charge on any atom is 0.364 e. The van der Waals surface area contributed by atoms with Crippen molar-refractivity contribution in [2.24, 2.45) is 0 Å². The standard InChI is InChI=1S/C80H131N7O57/c1-20(95)81-39-27(102)8-79(77(122)123,143-65(39)46(106)29(104)10-88)127-18-37-49(109)57(117)58(118)74(136-37)137-61-34(15-93)133-70(42(55(61)115)84-23(4)98)126-17-36-53(113)68(142-73-45(87-26(7)101)64(50(110)32(13-91)131-73)140-75-59(119)67(51(111)33(14-92)132-75)141-71-41(83-22(3)97)54(114)48(108)31(12-90)130-71)60(120)76(135-36)138-62-35(16-94)134-72(43(56(62)116)85-24(5)99)139-63-44(86-25(6)100)69(121)129-38(52(63)112)19-128-80(78(124)125)9-28(103)40(82-21(2)96)66(144-80)47(107)30(105)11-89/h27-76,88-94,102-121H,8-19H2,1-7H3,(H,81,95)(H,82,96)(H,83,97)(H,84,98)(H,85,99)(H,86,100)(H,87,101)(H,122,123)(H,124,125)/t27-,28-,29+,30+,31+,32+,33+,34+,35+,36+,37+,38+,39+,40+,41+,42+,43+,44+,45+,46+,47+,48-,49-,50+,51-,52-,53-,54+,55+,56+,57-,58+,59+,60+,61+,62+,63+,64+,65+,66+,67-,68-,69?,70+,71+,72-,73-,74-,75-,76-,79+,80+/m0/s1. The smallest absolute Gasteiger partial charge is 0.364 e. The van der Waals surface area contributed by atoms with E-state index in [0.717, 1.165) is 48.5 Å². The minimum absolute atomic E-state index is 0.851. The van der Waals surface area contributed by atoms with Crippen molar-refractivity contribution in [1.82, 2.24) is 37.2 Å². The van der Waals surface area contributed by atoms with Crippen LogP contribution in [0.2, 0.25) is 0 Å². The number of hydrogen-bond acceptors (Lipinski definition) is 55. The molecule has 52 atom stereocenters. The largest absolute Gasteiger partial charge is 0.477 e. The summed E-state index contributed by atoms with van der Waals surface area (Å²) < 4.78 is 113. The van der Waals surface area contributed by atoms with E-state index in [-0.39, 0.29) is 0 Å². The van der Waals surface area contributed by atoms with Crippen LogP contribution in [0.5, 0.6) is 0 Å². The molecule has 10 heterocycles. The van der Waals surface area contributed by atoms with Gasteiger partial charge in [-0.15, -0.1) is 0 Å². The summed E-state index contributed by atoms with van der Waals surface area (Å²) in [6.07, 6.45) is -98.0. The van der Waals surface area contributed by atoms with Crippen molar-refractivity contribution in [1.29, 1.82) is 0 Å². The molecule has 0 bridgehead atoms. The third-order valence-corrected chi connectivity index (χ3v) is 25.6. The summed E-state index contributed by atoms with van der Waals surface area (Å²) >= 11 is 0. The lowest BCUT2D eigenvalue weighted by molar-refractivity contribution is -0.386. The average molecular weight is 2100 g/mol. The van der Waals surface area contributed by atoms with Crippen molar-refractivity contribution in [3.05, 3.63) is 0 Å². The lowest BCUT2D eigenvalue weighted by Crippen LogP contribution is -2.71. The fraction of sp³-hybridized carbons (Fsp3) is 0.887. The Bertz CT molecular complexity index is 4200. The number of nitrogens with one attached hydrogen (secondary N) is 7. The molecule has 10 aliphatic rings. The number of hydrogen-bond donors (Lipinski definition) is 36. The van der Waals surface area contributed by atoms with E-state index < -0.39 is 450 Å². The van der Waals surface area contributed by atoms with Gasteiger partial charge in [-0.25, -0.2) is 9.59 Å². The molecule has 0 aliphatic carbocycles. The molecule has 0 aromatic carbocycles. The van der Waals surface area contributed by atoms with Crippen LogP contribution < -0.4 is 37.2 Å². The second kappa shape index (κ2) is 51.5. The average Bonchev–Trinajstić information content (AvgIpc) is 0.761. The zero-order valence-corrected chi connectivity index (χ0v) is 77.8. The zero-order chi connectivity index (χ0) is 107. The van der Waals surface area contributed by atoms with E-state index in [1.807, 2.05) is 0 Å². The molecule has 0 saturated carbocycles. The number of ether oxygens (including phenoxy) is 19. The maximum absolute atomic E-state index is 13.6. The predicted molar refractivity (Wildman–Crippen MR) is 445 cm³/mol. The van der Waals surface area contributed by atoms with Crippen LogP contribution in [0.15, 0.2) is 0 Å². The van der Waals surface area contributed by atoms with Gasteiger partial charge in [-0.2, -0.15) is 0 Å². The van der Waals surface area contributed by atoms with Crippen LogP contribution in [-0.4, -0.2) is 585 Å². The minimum Gasteiger partial charge on any atom is -0.477 e. The normalized spacial score (nSPS) is 44.6. The van der Waals surface area contributed by atoms with E-state index >= 15 is 0 Å². The minimum atomic E-state index is -3.15. The van der Waals surface area contributed by atoms with Crippen LogP contribution in [0.1, 0.15) is 61.3 Å². The molecule has 36 N–H and O–H groups in total. The first-order valence-corrected chi connectivity index (χ1v) is 45.4. The Morgan fingerprint density at radius 3 is 0.965 bits per heavy atom. The lowest BCUT2D eigenvalue weighted by atomic mass is 9.88. The van der Waals surface area contributed by atoms with Gasteiger partial charge in [-0.05, 0) is 0 Å². The van der Waals surface area contributed by atoms with Gasteiger partial charge < -0.3 is 275 Å². The van der Waals surface area contributed by atoms with Crippen molar-refractivity contribution >= 4 is 53.3 Å². The SMILES string of the molecule is CC(=O)N[C@H]1[C@H](OC[C@H]2O[C@@H](O[C@H]3[C@H](O)[C@@H](NC(C)=O)[C@H](O[C@H]4[C@@H](O)[C@@H](CO[C@]5(C(=O)O)C[C@H](O)[C@@H](NC(C)=O)[C@H]([C@H](O)[C@H](O)CO)O5)OC(O)[C@@H]4NC(C)=O)O[C@@H]3CO)[C@H](O)[C@@H](O[C@@H]3O[C@H](CO)[C@@H](O)[C@H](O[C@@H]4O[C@H](CO)[C@H](O)[C@H](O[C@H]5O[C@H](CO)[C@H](O)[C@H](O)[C@H]5NC(C)=O)[C@H]4O)[C@H]3NC(C)=O)[C@H]2O)O[C@H](CO)[C@@H](O[C@@H]2O[C@H](CO[C@]3(C(=O)O)C[C@H](O)[C@@H](NC(C)=O)[C@H]([C@H](O)[C@H](O)CO)O3)[C@H](O)[C@H](O)[C@H]2O)[C@@H]1O. The molecule has 10 rings (SSSR count). The van der Waals surface area contributed by atoms with Gasteiger partial charge in [0.05, 0.1) is 90.4 Å². The molecular formula is C80H131N7O57. The predicted octanol–water partition coefficient (Wildman–Crippen LogP) is -23.4. The molecule has 10 fully saturated rings. The second-order valence-corrected chi connectivity index (χ2v) is 36.1.